The molecule has 3 nitrogen and oxygen atoms in total. The molecule has 0 saturated heterocycles. The lowest BCUT2D eigenvalue weighted by molar-refractivity contribution is -0.126. The Kier molecular flexibility index (Phi) is 4.72. The maximum Gasteiger partial charge on any atom is 0.242 e. The number of amides is 1. The highest BCUT2D eigenvalue weighted by Gasteiger charge is 2.30. The molecule has 2 aromatic rings. The van der Waals surface area contributed by atoms with Crippen LogP contribution >= 0.6 is 0 Å². The summed E-state index contributed by atoms with van der Waals surface area (Å²) in [6, 6.07) is 16.2. The number of carbonyl (C=O) groups excluding carboxylic acids is 1. The van der Waals surface area contributed by atoms with Crippen molar-refractivity contribution in [2.45, 2.75) is 31.5 Å². The third-order valence-corrected chi connectivity index (χ3v) is 4.05. The summed E-state index contributed by atoms with van der Waals surface area (Å²) < 4.78 is 13.4. The number of halogens is 1. The van der Waals surface area contributed by atoms with Gasteiger partial charge in [-0.15, -0.1) is 0 Å². The summed E-state index contributed by atoms with van der Waals surface area (Å²) in [4.78, 5) is 14.6. The number of carbonyl (C=O) groups is 1. The zero-order valence-corrected chi connectivity index (χ0v) is 13.2. The molecule has 1 saturated carbocycles. The minimum atomic E-state index is -0.375. The zero-order chi connectivity index (χ0) is 16.2. The lowest BCUT2D eigenvalue weighted by Crippen LogP contribution is -2.39. The first kappa shape index (κ1) is 15.7. The maximum absolute atomic E-state index is 13.4. The maximum atomic E-state index is 13.4. The van der Waals surface area contributed by atoms with Crippen LogP contribution in [0.2, 0.25) is 0 Å². The van der Waals surface area contributed by atoms with Crippen LogP contribution in [0.15, 0.2) is 54.6 Å². The Labute approximate surface area is 136 Å². The zero-order valence-electron chi connectivity index (χ0n) is 13.2. The molecule has 1 aliphatic carbocycles. The predicted molar refractivity (Wildman–Crippen MR) is 88.2 cm³/mol. The van der Waals surface area contributed by atoms with E-state index in [-0.39, 0.29) is 17.8 Å². The van der Waals surface area contributed by atoms with Gasteiger partial charge in [0.15, 0.2) is 0 Å². The fourth-order valence-corrected chi connectivity index (χ4v) is 2.76. The van der Waals surface area contributed by atoms with Crippen LogP contribution in [-0.4, -0.2) is 23.9 Å². The minimum Gasteiger partial charge on any atom is -0.352 e. The number of likely N-dealkylation sites (N-methyl/N-ethyl adjacent to an activating group) is 1. The summed E-state index contributed by atoms with van der Waals surface area (Å²) in [6.45, 7) is 0.509. The molecule has 0 unspecified atom stereocenters. The van der Waals surface area contributed by atoms with Crippen molar-refractivity contribution in [3.05, 3.63) is 71.5 Å². The van der Waals surface area contributed by atoms with Gasteiger partial charge in [-0.3, -0.25) is 9.69 Å². The van der Waals surface area contributed by atoms with Gasteiger partial charge in [-0.2, -0.15) is 0 Å². The molecule has 2 aromatic carbocycles. The molecule has 120 valence electrons. The summed E-state index contributed by atoms with van der Waals surface area (Å²) in [5, 5.41) is 3.08. The van der Waals surface area contributed by atoms with Crippen molar-refractivity contribution in [2.75, 3.05) is 7.05 Å². The van der Waals surface area contributed by atoms with Gasteiger partial charge in [-0.1, -0.05) is 42.5 Å². The minimum absolute atomic E-state index is 0.0117. The van der Waals surface area contributed by atoms with E-state index in [1.165, 1.54) is 12.1 Å². The first-order chi connectivity index (χ1) is 11.1. The fourth-order valence-electron chi connectivity index (χ4n) is 2.76. The van der Waals surface area contributed by atoms with Crippen molar-refractivity contribution in [2.24, 2.45) is 0 Å². The highest BCUT2D eigenvalue weighted by molar-refractivity contribution is 5.83. The van der Waals surface area contributed by atoms with Crippen LogP contribution in [0.25, 0.3) is 0 Å². The third kappa shape index (κ3) is 4.17. The van der Waals surface area contributed by atoms with Crippen LogP contribution in [0, 0.1) is 5.82 Å². The number of benzene rings is 2. The lowest BCUT2D eigenvalue weighted by atomic mass is 10.0. The Balaban J connectivity index is 1.80. The number of nitrogens with one attached hydrogen (secondary N) is 1. The van der Waals surface area contributed by atoms with Crippen molar-refractivity contribution in [1.29, 1.82) is 0 Å². The van der Waals surface area contributed by atoms with Gasteiger partial charge in [0.25, 0.3) is 0 Å². The van der Waals surface area contributed by atoms with E-state index in [4.69, 9.17) is 0 Å². The molecule has 23 heavy (non-hydrogen) atoms. The SMILES string of the molecule is CN(Cc1cccc(F)c1)[C@H](C(=O)NC1CC1)c1ccccc1. The van der Waals surface area contributed by atoms with E-state index in [2.05, 4.69) is 5.32 Å². The highest BCUT2D eigenvalue weighted by atomic mass is 19.1. The first-order valence-electron chi connectivity index (χ1n) is 7.93. The third-order valence-electron chi connectivity index (χ3n) is 4.05. The number of hydrogen-bond acceptors (Lipinski definition) is 2. The van der Waals surface area contributed by atoms with Gasteiger partial charge >= 0.3 is 0 Å². The van der Waals surface area contributed by atoms with Gasteiger partial charge in [-0.05, 0) is 43.1 Å². The second kappa shape index (κ2) is 6.92. The average molecular weight is 312 g/mol. The summed E-state index contributed by atoms with van der Waals surface area (Å²) in [7, 11) is 1.90. The van der Waals surface area contributed by atoms with Gasteiger partial charge in [0, 0.05) is 12.6 Å². The topological polar surface area (TPSA) is 32.3 Å². The molecule has 1 amide bonds. The molecule has 0 aromatic heterocycles. The van der Waals surface area contributed by atoms with E-state index >= 15 is 0 Å². The monoisotopic (exact) mass is 312 g/mol. The van der Waals surface area contributed by atoms with Gasteiger partial charge in [0.2, 0.25) is 5.91 Å². The van der Waals surface area contributed by atoms with Crippen molar-refractivity contribution in [3.63, 3.8) is 0 Å². The lowest BCUT2D eigenvalue weighted by Gasteiger charge is -2.27. The molecular weight excluding hydrogens is 291 g/mol. The van der Waals surface area contributed by atoms with Crippen molar-refractivity contribution < 1.29 is 9.18 Å². The molecule has 1 fully saturated rings. The van der Waals surface area contributed by atoms with Crippen LogP contribution in [0.1, 0.15) is 30.0 Å². The molecule has 0 radical (unpaired) electrons. The second-order valence-corrected chi connectivity index (χ2v) is 6.14. The van der Waals surface area contributed by atoms with Crippen molar-refractivity contribution >= 4 is 5.91 Å². The predicted octanol–water partition coefficient (Wildman–Crippen LogP) is 3.28. The normalized spacial score (nSPS) is 15.4. The molecule has 0 bridgehead atoms. The molecule has 4 heteroatoms. The van der Waals surface area contributed by atoms with Crippen LogP contribution in [0.4, 0.5) is 4.39 Å². The summed E-state index contributed by atoms with van der Waals surface area (Å²) in [6.07, 6.45) is 2.11. The quantitative estimate of drug-likeness (QED) is 0.888. The average Bonchev–Trinajstić information content (AvgIpc) is 3.32. The molecule has 1 N–H and O–H groups in total. The Bertz CT molecular complexity index is 670. The standard InChI is InChI=1S/C19H21FN2O/c1-22(13-14-6-5-9-16(20)12-14)18(15-7-3-2-4-8-15)19(23)21-17-10-11-17/h2-9,12,17-18H,10-11,13H2,1H3,(H,21,23)/t18-/m0/s1. The van der Waals surface area contributed by atoms with Gasteiger partial charge in [0.1, 0.15) is 11.9 Å². The van der Waals surface area contributed by atoms with Crippen molar-refractivity contribution in [3.8, 4) is 0 Å². The van der Waals surface area contributed by atoms with Gasteiger partial charge in [0.05, 0.1) is 0 Å². The first-order valence-corrected chi connectivity index (χ1v) is 7.93. The summed E-state index contributed by atoms with van der Waals surface area (Å²) >= 11 is 0. The second-order valence-electron chi connectivity index (χ2n) is 6.14. The van der Waals surface area contributed by atoms with E-state index in [0.29, 0.717) is 12.6 Å². The van der Waals surface area contributed by atoms with E-state index in [0.717, 1.165) is 24.0 Å². The number of nitrogens with zero attached hydrogens (tertiary/aromatic N) is 1. The van der Waals surface area contributed by atoms with E-state index in [1.54, 1.807) is 6.07 Å². The van der Waals surface area contributed by atoms with Crippen LogP contribution in [-0.2, 0) is 11.3 Å². The van der Waals surface area contributed by atoms with Crippen LogP contribution in [0.5, 0.6) is 0 Å². The van der Waals surface area contributed by atoms with Gasteiger partial charge in [-0.25, -0.2) is 4.39 Å². The molecule has 1 aliphatic rings. The number of hydrogen-bond donors (Lipinski definition) is 1. The molecule has 0 aliphatic heterocycles. The number of rotatable bonds is 6. The highest BCUT2D eigenvalue weighted by Crippen LogP contribution is 2.25. The summed E-state index contributed by atoms with van der Waals surface area (Å²) in [5.41, 5.74) is 1.80. The molecule has 3 rings (SSSR count). The smallest absolute Gasteiger partial charge is 0.242 e. The van der Waals surface area contributed by atoms with Crippen molar-refractivity contribution in [1.82, 2.24) is 10.2 Å². The Morgan fingerprint density at radius 1 is 1.22 bits per heavy atom. The molecule has 0 spiro atoms. The fraction of sp³-hybridized carbons (Fsp3) is 0.316. The van der Waals surface area contributed by atoms with E-state index in [9.17, 15) is 9.18 Å². The van der Waals surface area contributed by atoms with E-state index < -0.39 is 0 Å². The summed E-state index contributed by atoms with van der Waals surface area (Å²) in [5.74, 6) is -0.243. The molecule has 1 atom stereocenters. The van der Waals surface area contributed by atoms with Gasteiger partial charge < -0.3 is 5.32 Å². The Morgan fingerprint density at radius 2 is 1.96 bits per heavy atom. The Morgan fingerprint density at radius 3 is 2.61 bits per heavy atom. The van der Waals surface area contributed by atoms with Crippen LogP contribution in [0.3, 0.4) is 0 Å². The molecular formula is C19H21FN2O. The largest absolute Gasteiger partial charge is 0.352 e. The van der Waals surface area contributed by atoms with E-state index in [1.807, 2.05) is 48.3 Å². The van der Waals surface area contributed by atoms with Crippen LogP contribution < -0.4 is 5.32 Å². The Hall–Kier alpha value is -2.20. The molecule has 0 heterocycles.